The van der Waals surface area contributed by atoms with Gasteiger partial charge in [-0.1, -0.05) is 4.40 Å². The number of rotatable bonds is 3. The second-order valence-corrected chi connectivity index (χ2v) is 10.2. The first-order valence-corrected chi connectivity index (χ1v) is 10.6. The van der Waals surface area contributed by atoms with Gasteiger partial charge in [0.1, 0.15) is 27.4 Å². The van der Waals surface area contributed by atoms with Gasteiger partial charge in [-0.2, -0.15) is 0 Å². The average Bonchev–Trinajstić information content (AvgIpc) is 2.60. The van der Waals surface area contributed by atoms with Crippen molar-refractivity contribution in [2.75, 3.05) is 18.0 Å². The lowest BCUT2D eigenvalue weighted by molar-refractivity contribution is -0.0221. The van der Waals surface area contributed by atoms with Crippen LogP contribution in [0.2, 0.25) is 0 Å². The molecular weight excluding hydrogens is 401 g/mol. The molecule has 1 aromatic carbocycles. The smallest absolute Gasteiger partial charge is 0.251 e. The summed E-state index contributed by atoms with van der Waals surface area (Å²) in [6, 6.07) is 2.57. The van der Waals surface area contributed by atoms with Crippen LogP contribution in [-0.4, -0.2) is 44.0 Å². The minimum Gasteiger partial charge on any atom is -0.591 e. The standard InChI is InChI=1S/C20H25F3N4OS/c1-12(26-29(28)19(3,4)5)15-10-14(21)11-16-17(15)25-18(13(2)24-16)27-8-6-20(22,23)7-9-27/h10-11H,6-9H2,1-5H3. The third-order valence-corrected chi connectivity index (χ3v) is 6.30. The van der Waals surface area contributed by atoms with Crippen LogP contribution < -0.4 is 4.90 Å². The van der Waals surface area contributed by atoms with Gasteiger partial charge in [0.2, 0.25) is 0 Å². The number of aryl methyl sites for hydroxylation is 1. The van der Waals surface area contributed by atoms with Gasteiger partial charge < -0.3 is 9.45 Å². The predicted molar refractivity (Wildman–Crippen MR) is 111 cm³/mol. The molecule has 1 saturated heterocycles. The van der Waals surface area contributed by atoms with E-state index in [2.05, 4.69) is 14.4 Å². The average molecular weight is 427 g/mol. The van der Waals surface area contributed by atoms with Gasteiger partial charge in [0.25, 0.3) is 5.92 Å². The highest BCUT2D eigenvalue weighted by Gasteiger charge is 2.35. The Morgan fingerprint density at radius 3 is 2.41 bits per heavy atom. The number of fused-ring (bicyclic) bond motifs is 1. The molecule has 5 nitrogen and oxygen atoms in total. The van der Waals surface area contributed by atoms with Gasteiger partial charge >= 0.3 is 0 Å². The molecule has 1 aliphatic heterocycles. The van der Waals surface area contributed by atoms with Gasteiger partial charge in [0.05, 0.1) is 16.9 Å². The maximum Gasteiger partial charge on any atom is 0.251 e. The molecule has 29 heavy (non-hydrogen) atoms. The summed E-state index contributed by atoms with van der Waals surface area (Å²) in [6.07, 6.45) is -0.485. The van der Waals surface area contributed by atoms with E-state index in [0.717, 1.165) is 0 Å². The van der Waals surface area contributed by atoms with Crippen molar-refractivity contribution in [1.82, 2.24) is 9.97 Å². The Hall–Kier alpha value is -1.87. The summed E-state index contributed by atoms with van der Waals surface area (Å²) in [6.45, 7) is 9.14. The Morgan fingerprint density at radius 2 is 1.83 bits per heavy atom. The second kappa shape index (κ2) is 7.75. The number of halogens is 3. The van der Waals surface area contributed by atoms with Crippen LogP contribution in [0.5, 0.6) is 0 Å². The van der Waals surface area contributed by atoms with Crippen molar-refractivity contribution in [1.29, 1.82) is 0 Å². The van der Waals surface area contributed by atoms with Gasteiger partial charge in [-0.3, -0.25) is 0 Å². The lowest BCUT2D eigenvalue weighted by Crippen LogP contribution is -2.40. The Kier molecular flexibility index (Phi) is 5.84. The summed E-state index contributed by atoms with van der Waals surface area (Å²) < 4.78 is 57.4. The summed E-state index contributed by atoms with van der Waals surface area (Å²) in [7, 11) is 0. The van der Waals surface area contributed by atoms with E-state index in [-0.39, 0.29) is 25.9 Å². The number of alkyl halides is 2. The Morgan fingerprint density at radius 1 is 1.21 bits per heavy atom. The molecule has 1 unspecified atom stereocenters. The number of anilines is 1. The molecule has 1 aliphatic rings. The lowest BCUT2D eigenvalue weighted by atomic mass is 10.1. The van der Waals surface area contributed by atoms with Crippen LogP contribution in [0.1, 0.15) is 51.8 Å². The third-order valence-electron chi connectivity index (χ3n) is 4.81. The molecule has 2 aromatic rings. The van der Waals surface area contributed by atoms with Crippen molar-refractivity contribution in [2.24, 2.45) is 4.40 Å². The van der Waals surface area contributed by atoms with Crippen LogP contribution in [0, 0.1) is 12.7 Å². The number of hydrogen-bond donors (Lipinski definition) is 0. The minimum atomic E-state index is -2.66. The fourth-order valence-electron chi connectivity index (χ4n) is 3.14. The van der Waals surface area contributed by atoms with E-state index < -0.39 is 27.8 Å². The summed E-state index contributed by atoms with van der Waals surface area (Å²) in [4.78, 5) is 10.9. The molecule has 0 spiro atoms. The van der Waals surface area contributed by atoms with E-state index >= 15 is 0 Å². The second-order valence-electron chi connectivity index (χ2n) is 8.33. The molecule has 1 fully saturated rings. The largest absolute Gasteiger partial charge is 0.591 e. The highest BCUT2D eigenvalue weighted by molar-refractivity contribution is 7.91. The summed E-state index contributed by atoms with van der Waals surface area (Å²) in [5.74, 6) is -2.66. The highest BCUT2D eigenvalue weighted by atomic mass is 32.2. The fraction of sp³-hybridized carbons (Fsp3) is 0.550. The zero-order valence-electron chi connectivity index (χ0n) is 17.2. The van der Waals surface area contributed by atoms with Crippen LogP contribution in [0.3, 0.4) is 0 Å². The first-order chi connectivity index (χ1) is 13.4. The minimum absolute atomic E-state index is 0.172. The Balaban J connectivity index is 2.08. The van der Waals surface area contributed by atoms with E-state index in [1.54, 1.807) is 39.5 Å². The Labute approximate surface area is 171 Å². The Bertz CT molecular complexity index is 949. The predicted octanol–water partition coefficient (Wildman–Crippen LogP) is 4.58. The van der Waals surface area contributed by atoms with Crippen molar-refractivity contribution >= 4 is 33.9 Å². The lowest BCUT2D eigenvalue weighted by Gasteiger charge is -2.33. The topological polar surface area (TPSA) is 64.4 Å². The molecule has 0 radical (unpaired) electrons. The number of nitrogens with zero attached hydrogens (tertiary/aromatic N) is 4. The SMILES string of the molecule is CC(=N[S+]([O-])C(C)(C)C)c1cc(F)cc2nc(C)c(N3CCC(F)(F)CC3)nc12. The van der Waals surface area contributed by atoms with E-state index in [4.69, 9.17) is 0 Å². The summed E-state index contributed by atoms with van der Waals surface area (Å²) in [5.41, 5.74) is 2.09. The quantitative estimate of drug-likeness (QED) is 0.532. The van der Waals surface area contributed by atoms with Gasteiger partial charge in [-0.25, -0.2) is 23.1 Å². The van der Waals surface area contributed by atoms with E-state index in [0.29, 0.717) is 33.8 Å². The van der Waals surface area contributed by atoms with Gasteiger partial charge in [-0.05, 0) is 40.7 Å². The third kappa shape index (κ3) is 4.83. The normalized spacial score (nSPS) is 18.9. The molecule has 1 atom stereocenters. The molecule has 3 rings (SSSR count). The van der Waals surface area contributed by atoms with Gasteiger partial charge in [0.15, 0.2) is 5.82 Å². The van der Waals surface area contributed by atoms with Crippen molar-refractivity contribution in [3.8, 4) is 0 Å². The van der Waals surface area contributed by atoms with Crippen LogP contribution in [0.15, 0.2) is 16.5 Å². The van der Waals surface area contributed by atoms with Gasteiger partial charge in [0, 0.05) is 37.6 Å². The van der Waals surface area contributed by atoms with Crippen LogP contribution in [-0.2, 0) is 11.4 Å². The van der Waals surface area contributed by atoms with Gasteiger partial charge in [-0.15, -0.1) is 0 Å². The first-order valence-electron chi connectivity index (χ1n) is 9.46. The van der Waals surface area contributed by atoms with Crippen molar-refractivity contribution in [3.05, 3.63) is 29.2 Å². The molecule has 0 amide bonds. The molecule has 0 N–H and O–H groups in total. The molecular formula is C20H25F3N4OS. The van der Waals surface area contributed by atoms with E-state index in [1.807, 2.05) is 0 Å². The molecule has 0 bridgehead atoms. The van der Waals surface area contributed by atoms with E-state index in [9.17, 15) is 17.7 Å². The number of benzene rings is 1. The number of piperidine rings is 1. The highest BCUT2D eigenvalue weighted by Crippen LogP contribution is 2.32. The van der Waals surface area contributed by atoms with Crippen LogP contribution >= 0.6 is 0 Å². The zero-order valence-corrected chi connectivity index (χ0v) is 18.0. The molecule has 2 heterocycles. The summed E-state index contributed by atoms with van der Waals surface area (Å²) >= 11 is -1.52. The first kappa shape index (κ1) is 21.8. The maximum absolute atomic E-state index is 14.2. The maximum atomic E-state index is 14.2. The molecule has 9 heteroatoms. The van der Waals surface area contributed by atoms with Crippen molar-refractivity contribution < 1.29 is 17.7 Å². The molecule has 1 aromatic heterocycles. The van der Waals surface area contributed by atoms with Crippen LogP contribution in [0.25, 0.3) is 11.0 Å². The van der Waals surface area contributed by atoms with Crippen molar-refractivity contribution in [3.63, 3.8) is 0 Å². The summed E-state index contributed by atoms with van der Waals surface area (Å²) in [5, 5.41) is 0. The monoisotopic (exact) mass is 426 g/mol. The number of hydrogen-bond acceptors (Lipinski definition) is 5. The van der Waals surface area contributed by atoms with Crippen molar-refractivity contribution in [2.45, 2.75) is 58.1 Å². The van der Waals surface area contributed by atoms with E-state index in [1.165, 1.54) is 12.1 Å². The number of aromatic nitrogens is 2. The molecule has 0 aliphatic carbocycles. The van der Waals surface area contributed by atoms with Crippen LogP contribution in [0.4, 0.5) is 19.0 Å². The molecule has 0 saturated carbocycles. The zero-order chi connectivity index (χ0) is 21.6. The fourth-order valence-corrected chi connectivity index (χ4v) is 3.76. The molecule has 158 valence electrons.